The molecule has 0 aromatic carbocycles. The van der Waals surface area contributed by atoms with Crippen molar-refractivity contribution in [3.63, 3.8) is 0 Å². The second-order valence-corrected chi connectivity index (χ2v) is 3.26. The summed E-state index contributed by atoms with van der Waals surface area (Å²) < 4.78 is 0. The van der Waals surface area contributed by atoms with Crippen molar-refractivity contribution >= 4 is 5.71 Å². The lowest BCUT2D eigenvalue weighted by molar-refractivity contribution is 1.02. The Morgan fingerprint density at radius 1 is 0.938 bits per heavy atom. The van der Waals surface area contributed by atoms with Gasteiger partial charge in [-0.2, -0.15) is 0 Å². The molecule has 0 spiro atoms. The minimum atomic E-state index is 0.767. The van der Waals surface area contributed by atoms with Gasteiger partial charge in [0, 0.05) is 17.0 Å². The van der Waals surface area contributed by atoms with E-state index in [1.807, 2.05) is 6.92 Å². The summed E-state index contributed by atoms with van der Waals surface area (Å²) in [7, 11) is 0. The number of hydrogen-bond acceptors (Lipinski definition) is 2. The molecule has 2 heteroatoms. The molecule has 1 N–H and O–H groups in total. The topological polar surface area (TPSA) is 24.4 Å². The molecule has 1 rings (SSSR count). The van der Waals surface area contributed by atoms with E-state index >= 15 is 0 Å². The number of hydrogen-bond donors (Lipinski definition) is 1. The maximum absolute atomic E-state index is 4.46. The Labute approximate surface area is 96.8 Å². The van der Waals surface area contributed by atoms with Crippen LogP contribution in [-0.4, -0.2) is 5.71 Å². The lowest BCUT2D eigenvalue weighted by Gasteiger charge is -2.09. The van der Waals surface area contributed by atoms with E-state index in [-0.39, 0.29) is 0 Å². The SMILES string of the molecule is C=CC1=C(C=C)NC(C=C)=C(C=C)C(C)=N1. The summed E-state index contributed by atoms with van der Waals surface area (Å²) in [5.41, 5.74) is 4.28. The smallest absolute Gasteiger partial charge is 0.0861 e. The summed E-state index contributed by atoms with van der Waals surface area (Å²) >= 11 is 0. The normalized spacial score (nSPS) is 15.9. The third-order valence-electron chi connectivity index (χ3n) is 2.32. The van der Waals surface area contributed by atoms with Gasteiger partial charge in [-0.15, -0.1) is 0 Å². The third-order valence-corrected chi connectivity index (χ3v) is 2.32. The average molecular weight is 212 g/mol. The Kier molecular flexibility index (Phi) is 3.84. The average Bonchev–Trinajstić information content (AvgIpc) is 2.44. The highest BCUT2D eigenvalue weighted by Crippen LogP contribution is 2.18. The van der Waals surface area contributed by atoms with Crippen molar-refractivity contribution in [3.8, 4) is 0 Å². The van der Waals surface area contributed by atoms with Crippen molar-refractivity contribution in [2.45, 2.75) is 6.92 Å². The molecule has 1 heterocycles. The second kappa shape index (κ2) is 5.12. The fourth-order valence-corrected chi connectivity index (χ4v) is 1.50. The van der Waals surface area contributed by atoms with Gasteiger partial charge in [0.25, 0.3) is 0 Å². The fraction of sp³-hybridized carbons (Fsp3) is 0.0714. The Hall–Kier alpha value is -2.09. The van der Waals surface area contributed by atoms with Crippen LogP contribution < -0.4 is 5.32 Å². The summed E-state index contributed by atoms with van der Waals surface area (Å²) in [6.45, 7) is 17.0. The van der Waals surface area contributed by atoms with Gasteiger partial charge in [-0.1, -0.05) is 32.4 Å². The lowest BCUT2D eigenvalue weighted by atomic mass is 10.1. The summed E-state index contributed by atoms with van der Waals surface area (Å²) in [5, 5.41) is 3.21. The van der Waals surface area contributed by atoms with Crippen LogP contribution >= 0.6 is 0 Å². The first-order valence-electron chi connectivity index (χ1n) is 4.98. The minimum Gasteiger partial charge on any atom is -0.353 e. The van der Waals surface area contributed by atoms with Gasteiger partial charge in [0.1, 0.15) is 0 Å². The van der Waals surface area contributed by atoms with Crippen molar-refractivity contribution < 1.29 is 0 Å². The molecule has 0 atom stereocenters. The van der Waals surface area contributed by atoms with Crippen LogP contribution in [0.2, 0.25) is 0 Å². The van der Waals surface area contributed by atoms with Crippen LogP contribution in [0.5, 0.6) is 0 Å². The summed E-state index contributed by atoms with van der Waals surface area (Å²) in [6, 6.07) is 0. The van der Waals surface area contributed by atoms with Crippen LogP contribution in [-0.2, 0) is 0 Å². The molecule has 0 unspecified atom stereocenters. The molecule has 1 aliphatic heterocycles. The van der Waals surface area contributed by atoms with E-state index in [0.29, 0.717) is 0 Å². The zero-order chi connectivity index (χ0) is 12.1. The molecule has 0 saturated carbocycles. The highest BCUT2D eigenvalue weighted by molar-refractivity contribution is 6.02. The summed E-state index contributed by atoms with van der Waals surface area (Å²) in [4.78, 5) is 4.46. The molecule has 0 saturated heterocycles. The molecule has 2 nitrogen and oxygen atoms in total. The fourth-order valence-electron chi connectivity index (χ4n) is 1.50. The quantitative estimate of drug-likeness (QED) is 0.760. The van der Waals surface area contributed by atoms with Gasteiger partial charge in [0.05, 0.1) is 11.4 Å². The van der Waals surface area contributed by atoms with Crippen molar-refractivity contribution in [2.75, 3.05) is 0 Å². The van der Waals surface area contributed by atoms with Crippen molar-refractivity contribution in [3.05, 3.63) is 73.3 Å². The van der Waals surface area contributed by atoms with Gasteiger partial charge in [-0.3, -0.25) is 4.99 Å². The van der Waals surface area contributed by atoms with Gasteiger partial charge in [0.15, 0.2) is 0 Å². The summed E-state index contributed by atoms with van der Waals surface area (Å²) in [5.74, 6) is 0. The summed E-state index contributed by atoms with van der Waals surface area (Å²) in [6.07, 6.45) is 6.91. The van der Waals surface area contributed by atoms with Crippen molar-refractivity contribution in [2.24, 2.45) is 4.99 Å². The van der Waals surface area contributed by atoms with Crippen LogP contribution in [0, 0.1) is 0 Å². The van der Waals surface area contributed by atoms with Crippen LogP contribution in [0.25, 0.3) is 0 Å². The van der Waals surface area contributed by atoms with E-state index in [1.54, 1.807) is 24.3 Å². The van der Waals surface area contributed by atoms with Gasteiger partial charge in [-0.05, 0) is 25.2 Å². The zero-order valence-corrected chi connectivity index (χ0v) is 9.59. The van der Waals surface area contributed by atoms with Gasteiger partial charge in [-0.25, -0.2) is 0 Å². The van der Waals surface area contributed by atoms with Crippen LogP contribution in [0.3, 0.4) is 0 Å². The Balaban J connectivity index is 3.44. The molecule has 82 valence electrons. The van der Waals surface area contributed by atoms with E-state index in [2.05, 4.69) is 36.6 Å². The number of aliphatic imine (C=N–C) groups is 1. The highest BCUT2D eigenvalue weighted by atomic mass is 14.9. The minimum absolute atomic E-state index is 0.767. The standard InChI is InChI=1S/C14H16N2/c1-6-11-10(5)15-13(8-3)14(9-4)16-12(11)7-2/h6-9,16H,1-4H2,5H3. The van der Waals surface area contributed by atoms with Crippen LogP contribution in [0.15, 0.2) is 78.3 Å². The lowest BCUT2D eigenvalue weighted by Crippen LogP contribution is -2.12. The molecular formula is C14H16N2. The van der Waals surface area contributed by atoms with E-state index in [1.165, 1.54) is 0 Å². The molecule has 0 fully saturated rings. The number of allylic oxidation sites excluding steroid dienone is 5. The first kappa shape index (κ1) is 12.0. The molecule has 0 aromatic rings. The molecule has 16 heavy (non-hydrogen) atoms. The predicted octanol–water partition coefficient (Wildman–Crippen LogP) is 3.26. The van der Waals surface area contributed by atoms with Gasteiger partial charge >= 0.3 is 0 Å². The number of nitrogens with one attached hydrogen (secondary N) is 1. The largest absolute Gasteiger partial charge is 0.353 e. The monoisotopic (exact) mass is 212 g/mol. The Morgan fingerprint density at radius 3 is 2.00 bits per heavy atom. The molecule has 0 amide bonds. The van der Waals surface area contributed by atoms with Crippen LogP contribution in [0.1, 0.15) is 6.92 Å². The number of rotatable bonds is 4. The van der Waals surface area contributed by atoms with Gasteiger partial charge < -0.3 is 5.32 Å². The maximum Gasteiger partial charge on any atom is 0.0861 e. The molecule has 0 bridgehead atoms. The van der Waals surface area contributed by atoms with E-state index < -0.39 is 0 Å². The third kappa shape index (κ3) is 2.11. The Bertz CT molecular complexity index is 445. The molecule has 0 radical (unpaired) electrons. The Morgan fingerprint density at radius 2 is 1.56 bits per heavy atom. The molecule has 0 aromatic heterocycles. The van der Waals surface area contributed by atoms with E-state index in [9.17, 15) is 0 Å². The second-order valence-electron chi connectivity index (χ2n) is 3.26. The van der Waals surface area contributed by atoms with Crippen molar-refractivity contribution in [1.29, 1.82) is 0 Å². The first-order valence-corrected chi connectivity index (χ1v) is 4.98. The molecular weight excluding hydrogens is 196 g/mol. The number of nitrogens with zero attached hydrogens (tertiary/aromatic N) is 1. The van der Waals surface area contributed by atoms with Crippen molar-refractivity contribution in [1.82, 2.24) is 5.32 Å². The predicted molar refractivity (Wildman–Crippen MR) is 71.1 cm³/mol. The first-order chi connectivity index (χ1) is 7.67. The maximum atomic E-state index is 4.46. The van der Waals surface area contributed by atoms with Crippen LogP contribution in [0.4, 0.5) is 0 Å². The van der Waals surface area contributed by atoms with E-state index in [0.717, 1.165) is 28.4 Å². The van der Waals surface area contributed by atoms with E-state index in [4.69, 9.17) is 0 Å². The molecule has 0 aliphatic carbocycles. The zero-order valence-electron chi connectivity index (χ0n) is 9.59. The highest BCUT2D eigenvalue weighted by Gasteiger charge is 2.11. The van der Waals surface area contributed by atoms with Gasteiger partial charge in [0.2, 0.25) is 0 Å². The molecule has 1 aliphatic rings.